The second kappa shape index (κ2) is 3.39. The molecule has 0 saturated heterocycles. The zero-order valence-corrected chi connectivity index (χ0v) is 6.99. The van der Waals surface area contributed by atoms with Crippen molar-refractivity contribution in [3.05, 3.63) is 35.4 Å². The summed E-state index contributed by atoms with van der Waals surface area (Å²) in [6.45, 7) is 0. The van der Waals surface area contributed by atoms with Gasteiger partial charge in [0.15, 0.2) is 0 Å². The highest BCUT2D eigenvalue weighted by Crippen LogP contribution is 2.29. The van der Waals surface area contributed by atoms with Crippen LogP contribution in [0.1, 0.15) is 11.1 Å². The first-order chi connectivity index (χ1) is 5.54. The minimum Gasteiger partial charge on any atom is -0.175 e. The molecule has 66 valence electrons. The first-order valence-electron chi connectivity index (χ1n) is 3.31. The number of alkyl halides is 3. The fourth-order valence-corrected chi connectivity index (χ4v) is 1.04. The van der Waals surface area contributed by atoms with Gasteiger partial charge in [0, 0.05) is 5.75 Å². The maximum atomic E-state index is 12.1. The second-order valence-electron chi connectivity index (χ2n) is 2.36. The third kappa shape index (κ3) is 2.17. The topological polar surface area (TPSA) is 0 Å². The molecular weight excluding hydrogens is 185 g/mol. The normalized spacial score (nSPS) is 11.7. The van der Waals surface area contributed by atoms with Gasteiger partial charge < -0.3 is 0 Å². The van der Waals surface area contributed by atoms with Crippen LogP contribution in [0.4, 0.5) is 13.2 Å². The number of halogens is 3. The van der Waals surface area contributed by atoms with Crippen LogP contribution < -0.4 is 0 Å². The number of benzene rings is 1. The Labute approximate surface area is 73.8 Å². The van der Waals surface area contributed by atoms with E-state index >= 15 is 0 Å². The molecule has 1 aromatic rings. The van der Waals surface area contributed by atoms with Crippen LogP contribution in [0, 0.1) is 0 Å². The van der Waals surface area contributed by atoms with Crippen LogP contribution in [-0.2, 0) is 11.9 Å². The molecule has 0 atom stereocenters. The van der Waals surface area contributed by atoms with Crippen molar-refractivity contribution in [2.24, 2.45) is 0 Å². The van der Waals surface area contributed by atoms with E-state index in [9.17, 15) is 13.2 Å². The minimum absolute atomic E-state index is 0.323. The smallest absolute Gasteiger partial charge is 0.175 e. The van der Waals surface area contributed by atoms with Gasteiger partial charge in [0.2, 0.25) is 0 Å². The van der Waals surface area contributed by atoms with E-state index in [0.29, 0.717) is 11.3 Å². The highest BCUT2D eigenvalue weighted by Gasteiger charge is 2.30. The largest absolute Gasteiger partial charge is 0.416 e. The average molecular weight is 192 g/mol. The molecule has 0 spiro atoms. The van der Waals surface area contributed by atoms with Crippen molar-refractivity contribution in [3.8, 4) is 0 Å². The Morgan fingerprint density at radius 1 is 1.25 bits per heavy atom. The lowest BCUT2D eigenvalue weighted by molar-refractivity contribution is -0.137. The fraction of sp³-hybridized carbons (Fsp3) is 0.250. The predicted molar refractivity (Wildman–Crippen MR) is 44.1 cm³/mol. The summed E-state index contributed by atoms with van der Waals surface area (Å²) < 4.78 is 36.2. The minimum atomic E-state index is -4.25. The number of rotatable bonds is 1. The molecule has 4 heteroatoms. The molecule has 1 aromatic carbocycles. The Morgan fingerprint density at radius 3 is 2.42 bits per heavy atom. The summed E-state index contributed by atoms with van der Waals surface area (Å²) in [6.07, 6.45) is -4.25. The molecule has 0 aliphatic carbocycles. The maximum Gasteiger partial charge on any atom is 0.416 e. The van der Waals surface area contributed by atoms with Crippen LogP contribution in [0.2, 0.25) is 0 Å². The van der Waals surface area contributed by atoms with Crippen molar-refractivity contribution in [1.29, 1.82) is 0 Å². The SMILES string of the molecule is FC(F)(F)c1cccc(CS)c1. The molecule has 0 saturated carbocycles. The molecular formula is C8H7F3S. The third-order valence-corrected chi connectivity index (χ3v) is 1.80. The van der Waals surface area contributed by atoms with Gasteiger partial charge in [-0.2, -0.15) is 25.8 Å². The molecule has 0 unspecified atom stereocenters. The van der Waals surface area contributed by atoms with Crippen LogP contribution >= 0.6 is 12.6 Å². The molecule has 0 fully saturated rings. The van der Waals surface area contributed by atoms with E-state index in [-0.39, 0.29) is 0 Å². The summed E-state index contributed by atoms with van der Waals surface area (Å²) in [5, 5.41) is 0. The Balaban J connectivity index is 3.02. The van der Waals surface area contributed by atoms with E-state index in [1.165, 1.54) is 6.07 Å². The number of thiol groups is 1. The highest BCUT2D eigenvalue weighted by molar-refractivity contribution is 7.79. The summed E-state index contributed by atoms with van der Waals surface area (Å²) in [6, 6.07) is 5.15. The van der Waals surface area contributed by atoms with Crippen LogP contribution in [0.25, 0.3) is 0 Å². The van der Waals surface area contributed by atoms with Crippen molar-refractivity contribution in [2.45, 2.75) is 11.9 Å². The molecule has 0 aliphatic heterocycles. The van der Waals surface area contributed by atoms with Crippen molar-refractivity contribution >= 4 is 12.6 Å². The predicted octanol–water partition coefficient (Wildman–Crippen LogP) is 3.14. The van der Waals surface area contributed by atoms with E-state index in [1.54, 1.807) is 6.07 Å². The Morgan fingerprint density at radius 2 is 1.92 bits per heavy atom. The maximum absolute atomic E-state index is 12.1. The van der Waals surface area contributed by atoms with Crippen LogP contribution in [0.3, 0.4) is 0 Å². The highest BCUT2D eigenvalue weighted by atomic mass is 32.1. The van der Waals surface area contributed by atoms with Gasteiger partial charge in [-0.1, -0.05) is 18.2 Å². The number of hydrogen-bond donors (Lipinski definition) is 1. The summed E-state index contributed by atoms with van der Waals surface area (Å²) in [5.74, 6) is 0.323. The summed E-state index contributed by atoms with van der Waals surface area (Å²) in [7, 11) is 0. The molecule has 0 heterocycles. The molecule has 0 radical (unpaired) electrons. The van der Waals surface area contributed by atoms with Crippen molar-refractivity contribution in [3.63, 3.8) is 0 Å². The lowest BCUT2D eigenvalue weighted by Crippen LogP contribution is -2.04. The van der Waals surface area contributed by atoms with E-state index < -0.39 is 11.7 Å². The van der Waals surface area contributed by atoms with Crippen molar-refractivity contribution in [2.75, 3.05) is 0 Å². The van der Waals surface area contributed by atoms with Gasteiger partial charge in [-0.3, -0.25) is 0 Å². The first kappa shape index (κ1) is 9.45. The zero-order valence-electron chi connectivity index (χ0n) is 6.10. The van der Waals surface area contributed by atoms with Gasteiger partial charge in [-0.25, -0.2) is 0 Å². The Kier molecular flexibility index (Phi) is 2.67. The fourth-order valence-electron chi connectivity index (χ4n) is 0.846. The monoisotopic (exact) mass is 192 g/mol. The van der Waals surface area contributed by atoms with Crippen molar-refractivity contribution in [1.82, 2.24) is 0 Å². The number of hydrogen-bond acceptors (Lipinski definition) is 1. The lowest BCUT2D eigenvalue weighted by Gasteiger charge is -2.06. The first-order valence-corrected chi connectivity index (χ1v) is 3.94. The Hall–Kier alpha value is -0.640. The quantitative estimate of drug-likeness (QED) is 0.649. The second-order valence-corrected chi connectivity index (χ2v) is 2.67. The molecule has 0 bridgehead atoms. The van der Waals surface area contributed by atoms with Gasteiger partial charge in [-0.15, -0.1) is 0 Å². The molecule has 0 N–H and O–H groups in total. The van der Waals surface area contributed by atoms with Gasteiger partial charge >= 0.3 is 6.18 Å². The third-order valence-electron chi connectivity index (χ3n) is 1.44. The van der Waals surface area contributed by atoms with Crippen LogP contribution in [-0.4, -0.2) is 0 Å². The van der Waals surface area contributed by atoms with Crippen LogP contribution in [0.15, 0.2) is 24.3 Å². The van der Waals surface area contributed by atoms with Gasteiger partial charge in [0.25, 0.3) is 0 Å². The zero-order chi connectivity index (χ0) is 9.19. The van der Waals surface area contributed by atoms with E-state index in [1.807, 2.05) is 0 Å². The lowest BCUT2D eigenvalue weighted by atomic mass is 10.1. The van der Waals surface area contributed by atoms with Crippen LogP contribution in [0.5, 0.6) is 0 Å². The molecule has 0 aliphatic rings. The van der Waals surface area contributed by atoms with Gasteiger partial charge in [0.1, 0.15) is 0 Å². The van der Waals surface area contributed by atoms with E-state index in [0.717, 1.165) is 12.1 Å². The Bertz CT molecular complexity index is 267. The average Bonchev–Trinajstić information content (AvgIpc) is 2.03. The van der Waals surface area contributed by atoms with E-state index in [2.05, 4.69) is 12.6 Å². The van der Waals surface area contributed by atoms with E-state index in [4.69, 9.17) is 0 Å². The van der Waals surface area contributed by atoms with Gasteiger partial charge in [0.05, 0.1) is 5.56 Å². The summed E-state index contributed by atoms with van der Waals surface area (Å²) in [4.78, 5) is 0. The molecule has 1 rings (SSSR count). The summed E-state index contributed by atoms with van der Waals surface area (Å²) >= 11 is 3.89. The molecule has 0 amide bonds. The van der Waals surface area contributed by atoms with Crippen molar-refractivity contribution < 1.29 is 13.2 Å². The molecule has 0 aromatic heterocycles. The standard InChI is InChI=1S/C8H7F3S/c9-8(10,11)7-3-1-2-6(4-7)5-12/h1-4,12H,5H2. The van der Waals surface area contributed by atoms with Gasteiger partial charge in [-0.05, 0) is 11.6 Å². The molecule has 0 nitrogen and oxygen atoms in total. The molecule has 12 heavy (non-hydrogen) atoms. The summed E-state index contributed by atoms with van der Waals surface area (Å²) in [5.41, 5.74) is -0.0396.